The molecule has 170 valence electrons. The summed E-state index contributed by atoms with van der Waals surface area (Å²) in [4.78, 5) is 40.8. The maximum atomic E-state index is 12.8. The number of aromatic nitrogens is 2. The molecule has 1 N–H and O–H groups in total. The highest BCUT2D eigenvalue weighted by atomic mass is 16.2. The van der Waals surface area contributed by atoms with Crippen LogP contribution >= 0.6 is 0 Å². The van der Waals surface area contributed by atoms with Gasteiger partial charge in [0.2, 0.25) is 11.9 Å². The van der Waals surface area contributed by atoms with Crippen LogP contribution in [0.1, 0.15) is 34.6 Å². The molecule has 0 bridgehead atoms. The molecule has 1 aromatic carbocycles. The summed E-state index contributed by atoms with van der Waals surface area (Å²) in [6.07, 6.45) is 1.53. The normalized spacial score (nSPS) is 18.0. The van der Waals surface area contributed by atoms with Gasteiger partial charge in [-0.15, -0.1) is 0 Å². The summed E-state index contributed by atoms with van der Waals surface area (Å²) in [6.45, 7) is 8.77. The van der Waals surface area contributed by atoms with E-state index in [-0.39, 0.29) is 17.7 Å². The fraction of sp³-hybridized carbons (Fsp3) is 0.500. The summed E-state index contributed by atoms with van der Waals surface area (Å²) in [5.74, 6) is 0.798. The van der Waals surface area contributed by atoms with E-state index in [1.54, 1.807) is 12.1 Å². The Bertz CT molecular complexity index is 941. The lowest BCUT2D eigenvalue weighted by Crippen LogP contribution is -2.47. The Labute approximate surface area is 189 Å². The number of benzene rings is 1. The second-order valence-electron chi connectivity index (χ2n) is 8.87. The van der Waals surface area contributed by atoms with Crippen LogP contribution in [0, 0.1) is 19.8 Å². The molecular formula is C24H32N6O2. The zero-order valence-electron chi connectivity index (χ0n) is 19.2. The minimum atomic E-state index is -0.0381. The van der Waals surface area contributed by atoms with Gasteiger partial charge in [0.25, 0.3) is 5.91 Å². The van der Waals surface area contributed by atoms with Crippen LogP contribution in [-0.4, -0.2) is 77.9 Å². The van der Waals surface area contributed by atoms with E-state index in [2.05, 4.69) is 32.1 Å². The molecule has 2 aromatic rings. The number of piperazine rings is 1. The second kappa shape index (κ2) is 9.65. The first-order valence-electron chi connectivity index (χ1n) is 11.3. The first kappa shape index (κ1) is 22.2. The molecule has 8 nitrogen and oxygen atoms in total. The second-order valence-corrected chi connectivity index (χ2v) is 8.87. The average molecular weight is 437 g/mol. The predicted molar refractivity (Wildman–Crippen MR) is 125 cm³/mol. The quantitative estimate of drug-likeness (QED) is 0.792. The van der Waals surface area contributed by atoms with Gasteiger partial charge in [-0.25, -0.2) is 9.97 Å². The summed E-state index contributed by atoms with van der Waals surface area (Å²) in [5.41, 5.74) is 3.31. The van der Waals surface area contributed by atoms with Gasteiger partial charge in [0.05, 0.1) is 0 Å². The molecule has 0 radical (unpaired) electrons. The number of nitrogens with one attached hydrogen (secondary N) is 1. The highest BCUT2D eigenvalue weighted by molar-refractivity contribution is 5.96. The van der Waals surface area contributed by atoms with E-state index >= 15 is 0 Å². The number of hydrogen-bond donors (Lipinski definition) is 1. The molecular weight excluding hydrogens is 404 g/mol. The Balaban J connectivity index is 1.29. The molecule has 8 heteroatoms. The van der Waals surface area contributed by atoms with Crippen molar-refractivity contribution in [3.8, 4) is 0 Å². The lowest BCUT2D eigenvalue weighted by atomic mass is 9.96. The van der Waals surface area contributed by atoms with E-state index in [0.29, 0.717) is 5.56 Å². The standard InChI is InChI=1S/C24H32N6O2/c1-17-16-18(2)26-24(25-17)30-10-8-19(9-11-30)22(31)27-21-6-4-20(5-7-21)23(32)29-14-12-28(3)13-15-29/h4-7,16,19H,8-15H2,1-3H3,(H,27,31). The van der Waals surface area contributed by atoms with E-state index in [1.807, 2.05) is 36.9 Å². The number of hydrogen-bond acceptors (Lipinski definition) is 6. The number of aryl methyl sites for hydroxylation is 2. The average Bonchev–Trinajstić information content (AvgIpc) is 2.79. The van der Waals surface area contributed by atoms with E-state index in [1.165, 1.54) is 0 Å². The smallest absolute Gasteiger partial charge is 0.253 e. The molecule has 0 saturated carbocycles. The van der Waals surface area contributed by atoms with Gasteiger partial charge < -0.3 is 20.0 Å². The molecule has 0 atom stereocenters. The fourth-order valence-electron chi connectivity index (χ4n) is 4.32. The molecule has 1 aromatic heterocycles. The maximum absolute atomic E-state index is 12.8. The van der Waals surface area contributed by atoms with Gasteiger partial charge in [-0.3, -0.25) is 9.59 Å². The van der Waals surface area contributed by atoms with Crippen molar-refractivity contribution < 1.29 is 9.59 Å². The molecule has 2 aliphatic rings. The Morgan fingerprint density at radius 3 is 2.09 bits per heavy atom. The highest BCUT2D eigenvalue weighted by Crippen LogP contribution is 2.23. The maximum Gasteiger partial charge on any atom is 0.253 e. The number of piperidine rings is 1. The predicted octanol–water partition coefficient (Wildman–Crippen LogP) is 2.34. The first-order valence-corrected chi connectivity index (χ1v) is 11.3. The largest absolute Gasteiger partial charge is 0.341 e. The van der Waals surface area contributed by atoms with Crippen LogP contribution in [0.2, 0.25) is 0 Å². The van der Waals surface area contributed by atoms with Crippen molar-refractivity contribution in [3.05, 3.63) is 47.3 Å². The molecule has 2 saturated heterocycles. The Kier molecular flexibility index (Phi) is 6.69. The Morgan fingerprint density at radius 1 is 0.906 bits per heavy atom. The molecule has 0 aliphatic carbocycles. The molecule has 2 fully saturated rings. The summed E-state index contributed by atoms with van der Waals surface area (Å²) in [7, 11) is 2.07. The van der Waals surface area contributed by atoms with Gasteiger partial charge >= 0.3 is 0 Å². The number of carbonyl (C=O) groups excluding carboxylic acids is 2. The van der Waals surface area contributed by atoms with E-state index in [0.717, 1.165) is 75.1 Å². The lowest BCUT2D eigenvalue weighted by molar-refractivity contribution is -0.120. The molecule has 0 spiro atoms. The van der Waals surface area contributed by atoms with Crippen molar-refractivity contribution in [1.29, 1.82) is 0 Å². The van der Waals surface area contributed by atoms with Crippen LogP contribution in [0.15, 0.2) is 30.3 Å². The number of likely N-dealkylation sites (N-methyl/N-ethyl adjacent to an activating group) is 1. The lowest BCUT2D eigenvalue weighted by Gasteiger charge is -2.32. The van der Waals surface area contributed by atoms with Gasteiger partial charge in [-0.2, -0.15) is 0 Å². The van der Waals surface area contributed by atoms with Crippen molar-refractivity contribution in [2.45, 2.75) is 26.7 Å². The van der Waals surface area contributed by atoms with Gasteiger partial charge in [-0.05, 0) is 64.1 Å². The zero-order valence-corrected chi connectivity index (χ0v) is 19.2. The Morgan fingerprint density at radius 2 is 1.50 bits per heavy atom. The molecule has 0 unspecified atom stereocenters. The zero-order chi connectivity index (χ0) is 22.7. The van der Waals surface area contributed by atoms with Crippen LogP contribution in [0.5, 0.6) is 0 Å². The summed E-state index contributed by atoms with van der Waals surface area (Å²) in [6, 6.07) is 9.21. The van der Waals surface area contributed by atoms with Crippen molar-refractivity contribution >= 4 is 23.5 Å². The minimum absolute atomic E-state index is 0.0316. The molecule has 32 heavy (non-hydrogen) atoms. The SMILES string of the molecule is Cc1cc(C)nc(N2CCC(C(=O)Nc3ccc(C(=O)N4CCN(C)CC4)cc3)CC2)n1. The number of nitrogens with zero attached hydrogens (tertiary/aromatic N) is 5. The summed E-state index contributed by atoms with van der Waals surface area (Å²) < 4.78 is 0. The number of anilines is 2. The number of rotatable bonds is 4. The minimum Gasteiger partial charge on any atom is -0.341 e. The van der Waals surface area contributed by atoms with Crippen LogP contribution in [0.4, 0.5) is 11.6 Å². The molecule has 2 aliphatic heterocycles. The molecule has 4 rings (SSSR count). The topological polar surface area (TPSA) is 81.7 Å². The van der Waals surface area contributed by atoms with Crippen molar-refractivity contribution in [2.75, 3.05) is 56.5 Å². The molecule has 2 amide bonds. The van der Waals surface area contributed by atoms with Crippen LogP contribution in [0.25, 0.3) is 0 Å². The van der Waals surface area contributed by atoms with Gasteiger partial charge in [0.15, 0.2) is 0 Å². The third kappa shape index (κ3) is 5.24. The Hall–Kier alpha value is -3.00. The first-order chi connectivity index (χ1) is 15.4. The van der Waals surface area contributed by atoms with Gasteiger partial charge in [-0.1, -0.05) is 0 Å². The van der Waals surface area contributed by atoms with Crippen LogP contribution in [-0.2, 0) is 4.79 Å². The number of amides is 2. The van der Waals surface area contributed by atoms with E-state index in [4.69, 9.17) is 0 Å². The third-order valence-electron chi connectivity index (χ3n) is 6.31. The fourth-order valence-corrected chi connectivity index (χ4v) is 4.32. The monoisotopic (exact) mass is 436 g/mol. The van der Waals surface area contributed by atoms with Crippen LogP contribution < -0.4 is 10.2 Å². The van der Waals surface area contributed by atoms with E-state index < -0.39 is 0 Å². The van der Waals surface area contributed by atoms with Crippen molar-refractivity contribution in [3.63, 3.8) is 0 Å². The van der Waals surface area contributed by atoms with E-state index in [9.17, 15) is 9.59 Å². The van der Waals surface area contributed by atoms with Crippen molar-refractivity contribution in [2.24, 2.45) is 5.92 Å². The van der Waals surface area contributed by atoms with Crippen molar-refractivity contribution in [1.82, 2.24) is 19.8 Å². The van der Waals surface area contributed by atoms with Gasteiger partial charge in [0, 0.05) is 67.8 Å². The molecule has 3 heterocycles. The van der Waals surface area contributed by atoms with Crippen LogP contribution in [0.3, 0.4) is 0 Å². The van der Waals surface area contributed by atoms with Gasteiger partial charge in [0.1, 0.15) is 0 Å². The highest BCUT2D eigenvalue weighted by Gasteiger charge is 2.26. The number of carbonyl (C=O) groups is 2. The summed E-state index contributed by atoms with van der Waals surface area (Å²) in [5, 5.41) is 3.02. The summed E-state index contributed by atoms with van der Waals surface area (Å²) >= 11 is 0. The third-order valence-corrected chi connectivity index (χ3v) is 6.31.